The van der Waals surface area contributed by atoms with Crippen LogP contribution >= 0.6 is 11.6 Å². The lowest BCUT2D eigenvalue weighted by atomic mass is 10.1. The molecule has 0 atom stereocenters. The molecule has 8 heteroatoms. The van der Waals surface area contributed by atoms with Crippen molar-refractivity contribution in [1.82, 2.24) is 0 Å². The lowest BCUT2D eigenvalue weighted by Crippen LogP contribution is -2.24. The van der Waals surface area contributed by atoms with Gasteiger partial charge >= 0.3 is 0 Å². The van der Waals surface area contributed by atoms with Gasteiger partial charge in [0.25, 0.3) is 11.6 Å². The van der Waals surface area contributed by atoms with Gasteiger partial charge in [0.05, 0.1) is 27.2 Å². The van der Waals surface area contributed by atoms with Crippen molar-refractivity contribution in [1.29, 1.82) is 0 Å². The highest BCUT2D eigenvalue weighted by Gasteiger charge is 2.17. The average molecular weight is 320 g/mol. The van der Waals surface area contributed by atoms with Crippen LogP contribution in [0.5, 0.6) is 0 Å². The van der Waals surface area contributed by atoms with E-state index in [2.05, 4.69) is 5.32 Å². The molecule has 0 bridgehead atoms. The summed E-state index contributed by atoms with van der Waals surface area (Å²) >= 11 is 5.85. The Labute approximate surface area is 129 Å². The quantitative estimate of drug-likeness (QED) is 0.682. The van der Waals surface area contributed by atoms with Crippen molar-refractivity contribution in [3.05, 3.63) is 68.7 Å². The number of nitro groups is 1. The van der Waals surface area contributed by atoms with E-state index >= 15 is 0 Å². The van der Waals surface area contributed by atoms with Crippen molar-refractivity contribution in [3.8, 4) is 0 Å². The van der Waals surface area contributed by atoms with Crippen molar-refractivity contribution in [2.24, 2.45) is 0 Å². The standard InChI is InChI=1S/C14H9ClN2O5/c15-11-6-5-8(17(21)22)7-10(11)13(18)16-12-4-2-1-3-9(12)14(19)20/h1-7H,(H,16,18)(H,19,20)/p-1. The number of carbonyl (C=O) groups is 2. The summed E-state index contributed by atoms with van der Waals surface area (Å²) in [4.78, 5) is 33.2. The van der Waals surface area contributed by atoms with Crippen LogP contribution in [-0.2, 0) is 0 Å². The third-order valence-corrected chi connectivity index (χ3v) is 3.13. The van der Waals surface area contributed by atoms with Gasteiger partial charge in [-0.15, -0.1) is 0 Å². The van der Waals surface area contributed by atoms with E-state index in [-0.39, 0.29) is 27.5 Å². The van der Waals surface area contributed by atoms with Gasteiger partial charge < -0.3 is 15.2 Å². The fourth-order valence-electron chi connectivity index (χ4n) is 1.76. The third kappa shape index (κ3) is 3.21. The molecule has 2 aromatic carbocycles. The molecule has 112 valence electrons. The number of benzene rings is 2. The molecule has 22 heavy (non-hydrogen) atoms. The summed E-state index contributed by atoms with van der Waals surface area (Å²) in [6, 6.07) is 9.03. The van der Waals surface area contributed by atoms with Gasteiger partial charge in [-0.3, -0.25) is 14.9 Å². The molecule has 0 aliphatic rings. The SMILES string of the molecule is O=C(Nc1ccccc1C(=O)[O-])c1cc([N+](=O)[O-])ccc1Cl. The second-order valence-corrected chi connectivity index (χ2v) is 4.62. The van der Waals surface area contributed by atoms with E-state index in [0.29, 0.717) is 0 Å². The van der Waals surface area contributed by atoms with Crippen LogP contribution in [0.4, 0.5) is 11.4 Å². The van der Waals surface area contributed by atoms with Crippen molar-refractivity contribution >= 4 is 34.9 Å². The van der Waals surface area contributed by atoms with E-state index in [9.17, 15) is 24.8 Å². The smallest absolute Gasteiger partial charge is 0.270 e. The summed E-state index contributed by atoms with van der Waals surface area (Å²) in [6.45, 7) is 0. The second-order valence-electron chi connectivity index (χ2n) is 4.21. The second kappa shape index (κ2) is 6.23. The Morgan fingerprint density at radius 2 is 1.77 bits per heavy atom. The van der Waals surface area contributed by atoms with E-state index in [1.54, 1.807) is 0 Å². The minimum Gasteiger partial charge on any atom is -0.545 e. The fourth-order valence-corrected chi connectivity index (χ4v) is 1.96. The van der Waals surface area contributed by atoms with Crippen LogP contribution in [0.2, 0.25) is 5.02 Å². The molecule has 7 nitrogen and oxygen atoms in total. The van der Waals surface area contributed by atoms with Gasteiger partial charge in [-0.25, -0.2) is 0 Å². The predicted octanol–water partition coefficient (Wildman–Crippen LogP) is 1.86. The molecule has 2 rings (SSSR count). The van der Waals surface area contributed by atoms with Gasteiger partial charge in [-0.2, -0.15) is 0 Å². The first-order chi connectivity index (χ1) is 10.4. The maximum absolute atomic E-state index is 12.2. The van der Waals surface area contributed by atoms with E-state index in [1.807, 2.05) is 0 Å². The largest absolute Gasteiger partial charge is 0.545 e. The zero-order valence-electron chi connectivity index (χ0n) is 10.9. The van der Waals surface area contributed by atoms with Crippen LogP contribution in [-0.4, -0.2) is 16.8 Å². The molecule has 0 saturated carbocycles. The van der Waals surface area contributed by atoms with Crippen molar-refractivity contribution in [2.75, 3.05) is 5.32 Å². The number of aromatic carboxylic acids is 1. The maximum Gasteiger partial charge on any atom is 0.270 e. The fraction of sp³-hybridized carbons (Fsp3) is 0. The molecule has 0 fully saturated rings. The summed E-state index contributed by atoms with van der Waals surface area (Å²) in [6.07, 6.45) is 0. The van der Waals surface area contributed by atoms with Crippen molar-refractivity contribution < 1.29 is 19.6 Å². The zero-order chi connectivity index (χ0) is 16.3. The number of hydrogen-bond acceptors (Lipinski definition) is 5. The van der Waals surface area contributed by atoms with Gasteiger partial charge in [-0.1, -0.05) is 29.8 Å². The number of hydrogen-bond donors (Lipinski definition) is 1. The molecule has 2 aromatic rings. The normalized spacial score (nSPS) is 10.0. The third-order valence-electron chi connectivity index (χ3n) is 2.80. The first-order valence-electron chi connectivity index (χ1n) is 5.96. The minimum atomic E-state index is -1.46. The zero-order valence-corrected chi connectivity index (χ0v) is 11.7. The molecule has 0 aromatic heterocycles. The number of carbonyl (C=O) groups excluding carboxylic acids is 2. The highest BCUT2D eigenvalue weighted by Crippen LogP contribution is 2.24. The lowest BCUT2D eigenvalue weighted by molar-refractivity contribution is -0.384. The Kier molecular flexibility index (Phi) is 4.38. The summed E-state index contributed by atoms with van der Waals surface area (Å²) in [5.74, 6) is -2.22. The summed E-state index contributed by atoms with van der Waals surface area (Å²) in [5, 5.41) is 24.1. The summed E-state index contributed by atoms with van der Waals surface area (Å²) in [7, 11) is 0. The van der Waals surface area contributed by atoms with Crippen LogP contribution in [0.15, 0.2) is 42.5 Å². The van der Waals surface area contributed by atoms with Gasteiger partial charge in [-0.05, 0) is 12.1 Å². The first-order valence-corrected chi connectivity index (χ1v) is 6.33. The predicted molar refractivity (Wildman–Crippen MR) is 76.8 cm³/mol. The number of nitrogens with one attached hydrogen (secondary N) is 1. The number of rotatable bonds is 4. The topological polar surface area (TPSA) is 112 Å². The Hall–Kier alpha value is -2.93. The van der Waals surface area contributed by atoms with Crippen LogP contribution in [0.3, 0.4) is 0 Å². The van der Waals surface area contributed by atoms with Gasteiger partial charge in [0.2, 0.25) is 0 Å². The molecule has 0 saturated heterocycles. The number of carboxylic acids is 1. The number of anilines is 1. The molecule has 1 amide bonds. The van der Waals surface area contributed by atoms with E-state index < -0.39 is 16.8 Å². The van der Waals surface area contributed by atoms with Crippen molar-refractivity contribution in [3.63, 3.8) is 0 Å². The number of carboxylic acid groups (broad SMARTS) is 1. The number of para-hydroxylation sites is 1. The summed E-state index contributed by atoms with van der Waals surface area (Å²) < 4.78 is 0. The van der Waals surface area contributed by atoms with Gasteiger partial charge in [0, 0.05) is 17.7 Å². The van der Waals surface area contributed by atoms with E-state index in [0.717, 1.165) is 12.1 Å². The van der Waals surface area contributed by atoms with Gasteiger partial charge in [0.1, 0.15) is 0 Å². The number of halogens is 1. The number of nitro benzene ring substituents is 1. The summed E-state index contributed by atoms with van der Waals surface area (Å²) in [5.41, 5.74) is -0.640. The molecule has 1 N–H and O–H groups in total. The molecular formula is C14H8ClN2O5-. The maximum atomic E-state index is 12.2. The Morgan fingerprint density at radius 3 is 2.41 bits per heavy atom. The Morgan fingerprint density at radius 1 is 1.09 bits per heavy atom. The minimum absolute atomic E-state index is 0.00836. The van der Waals surface area contributed by atoms with Crippen LogP contribution in [0.25, 0.3) is 0 Å². The monoisotopic (exact) mass is 319 g/mol. The molecule has 0 heterocycles. The van der Waals surface area contributed by atoms with Gasteiger partial charge in [0.15, 0.2) is 0 Å². The van der Waals surface area contributed by atoms with Crippen LogP contribution in [0.1, 0.15) is 20.7 Å². The Bertz CT molecular complexity index is 776. The molecule has 0 radical (unpaired) electrons. The first kappa shape index (κ1) is 15.5. The average Bonchev–Trinajstić information content (AvgIpc) is 2.47. The van der Waals surface area contributed by atoms with Crippen LogP contribution in [0, 0.1) is 10.1 Å². The molecule has 0 aliphatic carbocycles. The lowest BCUT2D eigenvalue weighted by Gasteiger charge is -2.12. The van der Waals surface area contributed by atoms with Crippen LogP contribution < -0.4 is 10.4 Å². The van der Waals surface area contributed by atoms with E-state index in [1.165, 1.54) is 30.3 Å². The molecule has 0 aliphatic heterocycles. The highest BCUT2D eigenvalue weighted by atomic mass is 35.5. The molecule has 0 unspecified atom stereocenters. The number of non-ortho nitro benzene ring substituents is 1. The number of nitrogens with zero attached hydrogens (tertiary/aromatic N) is 1. The highest BCUT2D eigenvalue weighted by molar-refractivity contribution is 6.34. The van der Waals surface area contributed by atoms with E-state index in [4.69, 9.17) is 11.6 Å². The Balaban J connectivity index is 2.36. The van der Waals surface area contributed by atoms with Crippen molar-refractivity contribution in [2.45, 2.75) is 0 Å². The number of amides is 1. The molecule has 0 spiro atoms. The molecular weight excluding hydrogens is 312 g/mol.